The van der Waals surface area contributed by atoms with E-state index in [2.05, 4.69) is 0 Å². The van der Waals surface area contributed by atoms with Crippen LogP contribution in [0.3, 0.4) is 0 Å². The molecule has 0 aliphatic heterocycles. The lowest BCUT2D eigenvalue weighted by atomic mass is 10.5. The summed E-state index contributed by atoms with van der Waals surface area (Å²) in [5.74, 6) is 0. The first-order valence-corrected chi connectivity index (χ1v) is 3.38. The van der Waals surface area contributed by atoms with Gasteiger partial charge in [-0.1, -0.05) is 0 Å². The van der Waals surface area contributed by atoms with Gasteiger partial charge in [-0.05, 0) is 13.8 Å². The Morgan fingerprint density at radius 2 is 1.60 bits per heavy atom. The second-order valence-corrected chi connectivity index (χ2v) is 2.28. The summed E-state index contributed by atoms with van der Waals surface area (Å²) in [4.78, 5) is 0. The molecular formula is C7H16O3. The van der Waals surface area contributed by atoms with Gasteiger partial charge in [-0.2, -0.15) is 0 Å². The largest absolute Gasteiger partial charge is 0.374 e. The highest BCUT2D eigenvalue weighted by Crippen LogP contribution is 1.95. The molecule has 0 rings (SSSR count). The van der Waals surface area contributed by atoms with E-state index in [0.717, 1.165) is 0 Å². The van der Waals surface area contributed by atoms with Gasteiger partial charge in [0.25, 0.3) is 0 Å². The van der Waals surface area contributed by atoms with Crippen molar-refractivity contribution in [1.29, 1.82) is 0 Å². The molecule has 0 aromatic heterocycles. The molecule has 62 valence electrons. The molecule has 0 fully saturated rings. The minimum Gasteiger partial charge on any atom is -0.374 e. The zero-order valence-corrected chi connectivity index (χ0v) is 7.09. The molecule has 3 nitrogen and oxygen atoms in total. The maximum Gasteiger partial charge on any atom is 0.180 e. The normalized spacial score (nSPS) is 11.4. The Morgan fingerprint density at radius 1 is 1.10 bits per heavy atom. The number of methoxy groups -OCH3 is 2. The zero-order chi connectivity index (χ0) is 7.98. The van der Waals surface area contributed by atoms with Crippen molar-refractivity contribution < 1.29 is 14.2 Å². The number of hydrogen-bond acceptors (Lipinski definition) is 3. The summed E-state index contributed by atoms with van der Waals surface area (Å²) in [6.45, 7) is 4.44. The van der Waals surface area contributed by atoms with E-state index in [1.54, 1.807) is 14.2 Å². The molecule has 0 radical (unpaired) electrons. The summed E-state index contributed by atoms with van der Waals surface area (Å²) in [6.07, 6.45) is -0.00444. The standard InChI is InChI=1S/C7H16O3/c1-6(2)10-5-7(8-3)9-4/h6-7H,5H2,1-4H3. The topological polar surface area (TPSA) is 27.7 Å². The summed E-state index contributed by atoms with van der Waals surface area (Å²) < 4.78 is 15.0. The minimum atomic E-state index is -0.234. The molecule has 0 atom stereocenters. The Kier molecular flexibility index (Phi) is 5.58. The van der Waals surface area contributed by atoms with Crippen LogP contribution in [0.25, 0.3) is 0 Å². The van der Waals surface area contributed by atoms with Crippen LogP contribution in [0, 0.1) is 0 Å². The van der Waals surface area contributed by atoms with Crippen molar-refractivity contribution in [1.82, 2.24) is 0 Å². The molecule has 0 spiro atoms. The SMILES string of the molecule is COC(COC(C)C)OC. The van der Waals surface area contributed by atoms with Gasteiger partial charge in [0.15, 0.2) is 6.29 Å². The van der Waals surface area contributed by atoms with Crippen LogP contribution in [0.2, 0.25) is 0 Å². The molecule has 0 amide bonds. The fraction of sp³-hybridized carbons (Fsp3) is 1.00. The van der Waals surface area contributed by atoms with Crippen LogP contribution >= 0.6 is 0 Å². The van der Waals surface area contributed by atoms with Gasteiger partial charge in [-0.25, -0.2) is 0 Å². The summed E-state index contributed by atoms with van der Waals surface area (Å²) >= 11 is 0. The van der Waals surface area contributed by atoms with Crippen molar-refractivity contribution in [3.05, 3.63) is 0 Å². The van der Waals surface area contributed by atoms with E-state index >= 15 is 0 Å². The number of rotatable bonds is 5. The van der Waals surface area contributed by atoms with Crippen LogP contribution in [0.5, 0.6) is 0 Å². The first kappa shape index (κ1) is 9.88. The highest BCUT2D eigenvalue weighted by molar-refractivity contribution is 4.41. The van der Waals surface area contributed by atoms with Crippen molar-refractivity contribution >= 4 is 0 Å². The quantitative estimate of drug-likeness (QED) is 0.545. The molecule has 3 heteroatoms. The van der Waals surface area contributed by atoms with Crippen LogP contribution in [-0.4, -0.2) is 33.2 Å². The second kappa shape index (κ2) is 5.65. The molecule has 0 N–H and O–H groups in total. The van der Waals surface area contributed by atoms with E-state index in [-0.39, 0.29) is 12.4 Å². The molecule has 0 aromatic rings. The Labute approximate surface area is 62.3 Å². The fourth-order valence-electron chi connectivity index (χ4n) is 0.503. The Balaban J connectivity index is 3.26. The van der Waals surface area contributed by atoms with Crippen molar-refractivity contribution in [2.24, 2.45) is 0 Å². The Hall–Kier alpha value is -0.120. The van der Waals surface area contributed by atoms with Crippen LogP contribution in [-0.2, 0) is 14.2 Å². The zero-order valence-electron chi connectivity index (χ0n) is 7.09. The first-order chi connectivity index (χ1) is 4.70. The maximum absolute atomic E-state index is 5.24. The number of hydrogen-bond donors (Lipinski definition) is 0. The van der Waals surface area contributed by atoms with E-state index < -0.39 is 0 Å². The molecule has 0 aliphatic carbocycles. The van der Waals surface area contributed by atoms with Crippen molar-refractivity contribution in [2.75, 3.05) is 20.8 Å². The van der Waals surface area contributed by atoms with Gasteiger partial charge in [0.2, 0.25) is 0 Å². The Morgan fingerprint density at radius 3 is 1.90 bits per heavy atom. The smallest absolute Gasteiger partial charge is 0.180 e. The summed E-state index contributed by atoms with van der Waals surface area (Å²) in [6, 6.07) is 0. The van der Waals surface area contributed by atoms with Gasteiger partial charge in [0.05, 0.1) is 12.7 Å². The average molecular weight is 148 g/mol. The summed E-state index contributed by atoms with van der Waals surface area (Å²) in [5, 5.41) is 0. The third kappa shape index (κ3) is 4.73. The average Bonchev–Trinajstić information content (AvgIpc) is 1.90. The van der Waals surface area contributed by atoms with Gasteiger partial charge < -0.3 is 14.2 Å². The highest BCUT2D eigenvalue weighted by atomic mass is 16.7. The van der Waals surface area contributed by atoms with Crippen molar-refractivity contribution in [3.8, 4) is 0 Å². The lowest BCUT2D eigenvalue weighted by molar-refractivity contribution is -0.147. The van der Waals surface area contributed by atoms with Crippen LogP contribution in [0.15, 0.2) is 0 Å². The van der Waals surface area contributed by atoms with E-state index in [4.69, 9.17) is 14.2 Å². The highest BCUT2D eigenvalue weighted by Gasteiger charge is 2.04. The van der Waals surface area contributed by atoms with Crippen LogP contribution in [0.4, 0.5) is 0 Å². The van der Waals surface area contributed by atoms with E-state index in [9.17, 15) is 0 Å². The second-order valence-electron chi connectivity index (χ2n) is 2.28. The van der Waals surface area contributed by atoms with Gasteiger partial charge in [-0.3, -0.25) is 0 Å². The van der Waals surface area contributed by atoms with Crippen LogP contribution in [0.1, 0.15) is 13.8 Å². The van der Waals surface area contributed by atoms with Crippen molar-refractivity contribution in [2.45, 2.75) is 26.2 Å². The lowest BCUT2D eigenvalue weighted by Crippen LogP contribution is -2.22. The molecule has 0 unspecified atom stereocenters. The predicted molar refractivity (Wildman–Crippen MR) is 38.9 cm³/mol. The monoisotopic (exact) mass is 148 g/mol. The third-order valence-electron chi connectivity index (χ3n) is 1.09. The maximum atomic E-state index is 5.24. The van der Waals surface area contributed by atoms with Crippen molar-refractivity contribution in [3.63, 3.8) is 0 Å². The van der Waals surface area contributed by atoms with Gasteiger partial charge in [0.1, 0.15) is 0 Å². The molecule has 0 saturated heterocycles. The van der Waals surface area contributed by atoms with Crippen LogP contribution < -0.4 is 0 Å². The van der Waals surface area contributed by atoms with E-state index in [0.29, 0.717) is 6.61 Å². The fourth-order valence-corrected chi connectivity index (χ4v) is 0.503. The summed E-state index contributed by atoms with van der Waals surface area (Å²) in [5.41, 5.74) is 0. The van der Waals surface area contributed by atoms with Gasteiger partial charge >= 0.3 is 0 Å². The molecular weight excluding hydrogens is 132 g/mol. The molecule has 0 aromatic carbocycles. The minimum absolute atomic E-state index is 0.229. The molecule has 10 heavy (non-hydrogen) atoms. The third-order valence-corrected chi connectivity index (χ3v) is 1.09. The Bertz CT molecular complexity index is 69.3. The first-order valence-electron chi connectivity index (χ1n) is 3.38. The number of ether oxygens (including phenoxy) is 3. The van der Waals surface area contributed by atoms with Gasteiger partial charge in [-0.15, -0.1) is 0 Å². The van der Waals surface area contributed by atoms with E-state index in [1.807, 2.05) is 13.8 Å². The lowest BCUT2D eigenvalue weighted by Gasteiger charge is -2.14. The molecule has 0 saturated carbocycles. The van der Waals surface area contributed by atoms with Gasteiger partial charge in [0, 0.05) is 14.2 Å². The predicted octanol–water partition coefficient (Wildman–Crippen LogP) is 1.03. The summed E-state index contributed by atoms with van der Waals surface area (Å²) in [7, 11) is 3.19. The molecule has 0 aliphatic rings. The van der Waals surface area contributed by atoms with E-state index in [1.165, 1.54) is 0 Å². The molecule has 0 heterocycles. The molecule has 0 bridgehead atoms.